The zero-order valence-corrected chi connectivity index (χ0v) is 22.5. The number of ketones is 1. The fraction of sp³-hybridized carbons (Fsp3) is 0.161. The molecule has 42 heavy (non-hydrogen) atoms. The minimum absolute atomic E-state index is 0.00223. The van der Waals surface area contributed by atoms with Crippen molar-refractivity contribution in [3.05, 3.63) is 85.5 Å². The quantitative estimate of drug-likeness (QED) is 0.0906. The van der Waals surface area contributed by atoms with E-state index in [2.05, 4.69) is 18.5 Å². The van der Waals surface area contributed by atoms with Gasteiger partial charge in [-0.25, -0.2) is 9.59 Å². The average molecular weight is 574 g/mol. The molecule has 11 nitrogen and oxygen atoms in total. The third-order valence-corrected chi connectivity index (χ3v) is 5.68. The summed E-state index contributed by atoms with van der Waals surface area (Å²) >= 11 is 0. The predicted octanol–water partition coefficient (Wildman–Crippen LogP) is 4.48. The van der Waals surface area contributed by atoms with Crippen LogP contribution in [0.1, 0.15) is 36.0 Å². The zero-order chi connectivity index (χ0) is 30.5. The maximum Gasteiger partial charge on any atom is 0.343 e. The van der Waals surface area contributed by atoms with Crippen molar-refractivity contribution < 1.29 is 47.7 Å². The lowest BCUT2D eigenvalue weighted by Crippen LogP contribution is -2.11. The number of benzene rings is 3. The molecule has 0 aliphatic heterocycles. The summed E-state index contributed by atoms with van der Waals surface area (Å²) in [6, 6.07) is 13.7. The lowest BCUT2D eigenvalue weighted by molar-refractivity contribution is -0.138. The summed E-state index contributed by atoms with van der Waals surface area (Å²) < 4.78 is 20.4. The molecule has 1 N–H and O–H groups in total. The van der Waals surface area contributed by atoms with E-state index in [1.165, 1.54) is 24.3 Å². The van der Waals surface area contributed by atoms with Crippen LogP contribution in [-0.2, 0) is 28.7 Å². The Kier molecular flexibility index (Phi) is 11.3. The van der Waals surface area contributed by atoms with Gasteiger partial charge in [0.1, 0.15) is 17.3 Å². The van der Waals surface area contributed by atoms with Gasteiger partial charge < -0.3 is 24.3 Å². The number of fused-ring (bicyclic) bond motifs is 1. The number of amides is 1. The minimum atomic E-state index is -0.680. The van der Waals surface area contributed by atoms with E-state index in [0.717, 1.165) is 12.2 Å². The van der Waals surface area contributed by atoms with Gasteiger partial charge in [0, 0.05) is 25.0 Å². The maximum atomic E-state index is 12.8. The van der Waals surface area contributed by atoms with E-state index < -0.39 is 23.8 Å². The maximum absolute atomic E-state index is 12.8. The van der Waals surface area contributed by atoms with Crippen molar-refractivity contribution in [2.75, 3.05) is 11.9 Å². The Morgan fingerprint density at radius 2 is 1.50 bits per heavy atom. The van der Waals surface area contributed by atoms with E-state index in [0.29, 0.717) is 17.2 Å². The molecule has 3 rings (SSSR count). The predicted molar refractivity (Wildman–Crippen MR) is 151 cm³/mol. The van der Waals surface area contributed by atoms with Crippen molar-refractivity contribution in [3.63, 3.8) is 0 Å². The van der Waals surface area contributed by atoms with Gasteiger partial charge in [-0.1, -0.05) is 25.3 Å². The SMILES string of the molecule is C=CC(=O)Nc1cc(OC(=O)c2ccc3cc(OC(=O)CCC(=O)CCCOC(=O)C=C)ccc3c2)ccc1OC=O. The molecule has 11 heteroatoms. The van der Waals surface area contributed by atoms with Crippen LogP contribution in [0.15, 0.2) is 79.9 Å². The smallest absolute Gasteiger partial charge is 0.343 e. The van der Waals surface area contributed by atoms with Gasteiger partial charge in [-0.05, 0) is 59.7 Å². The summed E-state index contributed by atoms with van der Waals surface area (Å²) in [4.78, 5) is 70.4. The summed E-state index contributed by atoms with van der Waals surface area (Å²) in [7, 11) is 0. The molecule has 0 spiro atoms. The van der Waals surface area contributed by atoms with Crippen LogP contribution in [0.25, 0.3) is 10.8 Å². The van der Waals surface area contributed by atoms with Gasteiger partial charge in [0.05, 0.1) is 24.3 Å². The molecule has 0 aliphatic rings. The molecule has 3 aromatic rings. The Morgan fingerprint density at radius 3 is 2.24 bits per heavy atom. The van der Waals surface area contributed by atoms with Crippen LogP contribution in [0, 0.1) is 0 Å². The van der Waals surface area contributed by atoms with Crippen LogP contribution in [0.5, 0.6) is 17.2 Å². The molecule has 0 radical (unpaired) electrons. The first-order valence-corrected chi connectivity index (χ1v) is 12.7. The van der Waals surface area contributed by atoms with Gasteiger partial charge in [-0.3, -0.25) is 19.2 Å². The summed E-state index contributed by atoms with van der Waals surface area (Å²) in [5.74, 6) is -2.09. The van der Waals surface area contributed by atoms with Crippen LogP contribution >= 0.6 is 0 Å². The standard InChI is InChI=1S/C31H27NO10/c1-3-28(35)32-26-18-25(12-13-27(26)40-19-33)42-31(38)22-8-7-21-17-24(11-9-20(21)16-22)41-30(37)14-10-23(34)6-5-15-39-29(36)4-2/h3-4,7-9,11-13,16-19H,1-2,5-6,10,14-15H2,(H,32,35). The number of esters is 3. The first-order valence-electron chi connectivity index (χ1n) is 12.7. The molecule has 0 aliphatic carbocycles. The van der Waals surface area contributed by atoms with Crippen molar-refractivity contribution in [1.82, 2.24) is 0 Å². The fourth-order valence-corrected chi connectivity index (χ4v) is 3.64. The first kappa shape index (κ1) is 31.0. The van der Waals surface area contributed by atoms with Crippen molar-refractivity contribution in [2.45, 2.75) is 25.7 Å². The summed E-state index contributed by atoms with van der Waals surface area (Å²) in [5.41, 5.74) is 0.337. The number of hydrogen-bond acceptors (Lipinski definition) is 10. The van der Waals surface area contributed by atoms with Gasteiger partial charge in [-0.2, -0.15) is 0 Å². The third-order valence-electron chi connectivity index (χ3n) is 5.68. The molecule has 3 aromatic carbocycles. The van der Waals surface area contributed by atoms with E-state index in [4.69, 9.17) is 18.9 Å². The Bertz CT molecular complexity index is 1540. The van der Waals surface area contributed by atoms with Crippen molar-refractivity contribution >= 4 is 52.5 Å². The van der Waals surface area contributed by atoms with Gasteiger partial charge in [0.15, 0.2) is 5.75 Å². The monoisotopic (exact) mass is 573 g/mol. The van der Waals surface area contributed by atoms with Crippen LogP contribution in [0.4, 0.5) is 5.69 Å². The molecular weight excluding hydrogens is 546 g/mol. The van der Waals surface area contributed by atoms with Crippen molar-refractivity contribution in [3.8, 4) is 17.2 Å². The fourth-order valence-electron chi connectivity index (χ4n) is 3.64. The number of carbonyl (C=O) groups is 6. The van der Waals surface area contributed by atoms with Crippen LogP contribution in [0.2, 0.25) is 0 Å². The summed E-state index contributed by atoms with van der Waals surface area (Å²) in [6.45, 7) is 6.94. The number of hydrogen-bond donors (Lipinski definition) is 1. The zero-order valence-electron chi connectivity index (χ0n) is 22.5. The molecule has 216 valence electrons. The number of Topliss-reactive ketones (excluding diaryl/α,β-unsaturated/α-hetero) is 1. The molecule has 0 aromatic heterocycles. The third kappa shape index (κ3) is 9.26. The number of rotatable bonds is 15. The van der Waals surface area contributed by atoms with E-state index in [-0.39, 0.29) is 66.6 Å². The molecule has 0 heterocycles. The Labute approximate surface area is 240 Å². The molecule has 0 bridgehead atoms. The molecule has 1 amide bonds. The Morgan fingerprint density at radius 1 is 0.786 bits per heavy atom. The second-order valence-electron chi connectivity index (χ2n) is 8.67. The number of nitrogens with one attached hydrogen (secondary N) is 1. The molecule has 0 fully saturated rings. The molecule has 0 saturated carbocycles. The van der Waals surface area contributed by atoms with Crippen LogP contribution < -0.4 is 19.5 Å². The Balaban J connectivity index is 1.58. The number of ether oxygens (including phenoxy) is 4. The number of carbonyl (C=O) groups excluding carboxylic acids is 6. The lowest BCUT2D eigenvalue weighted by atomic mass is 10.1. The second kappa shape index (κ2) is 15.3. The van der Waals surface area contributed by atoms with Crippen LogP contribution in [-0.4, -0.2) is 42.7 Å². The highest BCUT2D eigenvalue weighted by Gasteiger charge is 2.14. The van der Waals surface area contributed by atoms with Gasteiger partial charge >= 0.3 is 17.9 Å². The first-order chi connectivity index (χ1) is 20.2. The molecule has 0 saturated heterocycles. The van der Waals surface area contributed by atoms with Crippen molar-refractivity contribution in [1.29, 1.82) is 0 Å². The summed E-state index contributed by atoms with van der Waals surface area (Å²) in [5, 5.41) is 3.83. The van der Waals surface area contributed by atoms with Gasteiger partial charge in [0.2, 0.25) is 5.91 Å². The number of anilines is 1. The largest absolute Gasteiger partial charge is 0.463 e. The topological polar surface area (TPSA) is 151 Å². The molecule has 0 unspecified atom stereocenters. The average Bonchev–Trinajstić information content (AvgIpc) is 2.99. The lowest BCUT2D eigenvalue weighted by Gasteiger charge is -2.11. The highest BCUT2D eigenvalue weighted by Crippen LogP contribution is 2.30. The minimum Gasteiger partial charge on any atom is -0.463 e. The van der Waals surface area contributed by atoms with Crippen molar-refractivity contribution in [2.24, 2.45) is 0 Å². The highest BCUT2D eigenvalue weighted by atomic mass is 16.5. The highest BCUT2D eigenvalue weighted by molar-refractivity contribution is 6.00. The van der Waals surface area contributed by atoms with Gasteiger partial charge in [0.25, 0.3) is 6.47 Å². The molecular formula is C31H27NO10. The normalized spacial score (nSPS) is 10.2. The molecule has 0 atom stereocenters. The van der Waals surface area contributed by atoms with E-state index in [9.17, 15) is 28.8 Å². The van der Waals surface area contributed by atoms with E-state index in [1.54, 1.807) is 30.3 Å². The second-order valence-corrected chi connectivity index (χ2v) is 8.67. The van der Waals surface area contributed by atoms with Gasteiger partial charge in [-0.15, -0.1) is 0 Å². The van der Waals surface area contributed by atoms with E-state index >= 15 is 0 Å². The summed E-state index contributed by atoms with van der Waals surface area (Å²) in [6.07, 6.45) is 2.50. The Hall–Kier alpha value is -5.58. The van der Waals surface area contributed by atoms with Crippen LogP contribution in [0.3, 0.4) is 0 Å². The van der Waals surface area contributed by atoms with E-state index in [1.807, 2.05) is 0 Å².